The van der Waals surface area contributed by atoms with E-state index in [-0.39, 0.29) is 5.97 Å². The molecular formula is C17H15NO2. The quantitative estimate of drug-likeness (QED) is 0.406. The van der Waals surface area contributed by atoms with Crippen molar-refractivity contribution in [3.63, 3.8) is 0 Å². The highest BCUT2D eigenvalue weighted by Crippen LogP contribution is 2.26. The first kappa shape index (κ1) is 12.6. The van der Waals surface area contributed by atoms with Gasteiger partial charge in [0.05, 0.1) is 5.52 Å². The van der Waals surface area contributed by atoms with Gasteiger partial charge in [-0.2, -0.15) is 0 Å². The summed E-state index contributed by atoms with van der Waals surface area (Å²) in [6, 6.07) is 13.7. The van der Waals surface area contributed by atoms with Gasteiger partial charge in [0.2, 0.25) is 0 Å². The highest BCUT2D eigenvalue weighted by molar-refractivity contribution is 6.05. The van der Waals surface area contributed by atoms with Crippen LogP contribution in [0.4, 0.5) is 0 Å². The molecule has 2 aromatic carbocycles. The average molecular weight is 265 g/mol. The molecule has 0 unspecified atom stereocenters. The summed E-state index contributed by atoms with van der Waals surface area (Å²) in [4.78, 5) is 16.0. The van der Waals surface area contributed by atoms with Gasteiger partial charge < -0.3 is 4.74 Å². The number of fused-ring (bicyclic) bond motifs is 3. The van der Waals surface area contributed by atoms with E-state index in [0.29, 0.717) is 12.2 Å². The smallest absolute Gasteiger partial charge is 0.311 e. The van der Waals surface area contributed by atoms with Gasteiger partial charge in [-0.3, -0.25) is 9.78 Å². The van der Waals surface area contributed by atoms with Crippen molar-refractivity contribution in [2.45, 2.75) is 19.8 Å². The Balaban J connectivity index is 2.04. The van der Waals surface area contributed by atoms with Gasteiger partial charge >= 0.3 is 5.97 Å². The highest BCUT2D eigenvalue weighted by Gasteiger charge is 2.06. The lowest BCUT2D eigenvalue weighted by Crippen LogP contribution is -2.06. The van der Waals surface area contributed by atoms with E-state index in [2.05, 4.69) is 11.1 Å². The zero-order chi connectivity index (χ0) is 13.9. The molecule has 0 atom stereocenters. The molecule has 0 aliphatic carbocycles. The number of hydrogen-bond acceptors (Lipinski definition) is 3. The number of nitrogens with zero attached hydrogens (tertiary/aromatic N) is 1. The molecule has 3 heteroatoms. The van der Waals surface area contributed by atoms with Gasteiger partial charge in [-0.15, -0.1) is 0 Å². The van der Waals surface area contributed by atoms with Gasteiger partial charge in [0, 0.05) is 29.5 Å². The molecular weight excluding hydrogens is 250 g/mol. The molecule has 3 nitrogen and oxygen atoms in total. The zero-order valence-electron chi connectivity index (χ0n) is 11.3. The van der Waals surface area contributed by atoms with Gasteiger partial charge in [-0.1, -0.05) is 31.2 Å². The molecule has 0 spiro atoms. The first-order valence-corrected chi connectivity index (χ1v) is 6.76. The van der Waals surface area contributed by atoms with Gasteiger partial charge in [0.25, 0.3) is 0 Å². The fraction of sp³-hybridized carbons (Fsp3) is 0.176. The lowest BCUT2D eigenvalue weighted by molar-refractivity contribution is -0.134. The van der Waals surface area contributed by atoms with Gasteiger partial charge in [-0.05, 0) is 23.9 Å². The number of ether oxygens (including phenoxy) is 1. The van der Waals surface area contributed by atoms with Crippen molar-refractivity contribution in [1.82, 2.24) is 4.98 Å². The van der Waals surface area contributed by atoms with E-state index in [0.717, 1.165) is 28.1 Å². The summed E-state index contributed by atoms with van der Waals surface area (Å²) in [5.41, 5.74) is 0.838. The first-order chi connectivity index (χ1) is 9.78. The second kappa shape index (κ2) is 5.29. The molecule has 0 aliphatic rings. The molecule has 3 rings (SSSR count). The first-order valence-electron chi connectivity index (χ1n) is 6.76. The Morgan fingerprint density at radius 1 is 1.15 bits per heavy atom. The number of aromatic nitrogens is 1. The minimum Gasteiger partial charge on any atom is -0.426 e. The number of carbonyl (C=O) groups is 1. The van der Waals surface area contributed by atoms with E-state index < -0.39 is 0 Å². The second-order valence-corrected chi connectivity index (χ2v) is 4.75. The third kappa shape index (κ3) is 2.35. The number of hydrogen-bond donors (Lipinski definition) is 0. The monoisotopic (exact) mass is 265 g/mol. The van der Waals surface area contributed by atoms with Crippen LogP contribution in [0.3, 0.4) is 0 Å². The summed E-state index contributed by atoms with van der Waals surface area (Å²) >= 11 is 0. The summed E-state index contributed by atoms with van der Waals surface area (Å²) < 4.78 is 5.30. The van der Waals surface area contributed by atoms with E-state index in [4.69, 9.17) is 4.74 Å². The van der Waals surface area contributed by atoms with Crippen LogP contribution >= 0.6 is 0 Å². The molecule has 0 saturated carbocycles. The van der Waals surface area contributed by atoms with Crippen LogP contribution in [-0.4, -0.2) is 11.0 Å². The Morgan fingerprint density at radius 2 is 2.00 bits per heavy atom. The maximum absolute atomic E-state index is 11.5. The van der Waals surface area contributed by atoms with Crippen LogP contribution in [0.5, 0.6) is 5.75 Å². The van der Waals surface area contributed by atoms with Crippen LogP contribution in [0.15, 0.2) is 48.7 Å². The molecule has 0 radical (unpaired) electrons. The van der Waals surface area contributed by atoms with E-state index in [1.165, 1.54) is 0 Å². The molecule has 0 saturated heterocycles. The third-order valence-corrected chi connectivity index (χ3v) is 3.25. The predicted molar refractivity (Wildman–Crippen MR) is 79.8 cm³/mol. The molecule has 100 valence electrons. The largest absolute Gasteiger partial charge is 0.426 e. The van der Waals surface area contributed by atoms with Crippen LogP contribution in [0.1, 0.15) is 19.8 Å². The van der Waals surface area contributed by atoms with Crippen molar-refractivity contribution in [2.24, 2.45) is 0 Å². The van der Waals surface area contributed by atoms with Crippen molar-refractivity contribution < 1.29 is 9.53 Å². The maximum Gasteiger partial charge on any atom is 0.311 e. The van der Waals surface area contributed by atoms with Crippen LogP contribution < -0.4 is 4.74 Å². The van der Waals surface area contributed by atoms with Gasteiger partial charge in [0.1, 0.15) is 5.75 Å². The molecule has 1 aromatic heterocycles. The summed E-state index contributed by atoms with van der Waals surface area (Å²) in [5.74, 6) is 0.353. The standard InChI is InChI=1S/C17H15NO2/c1-2-5-17(19)20-13-8-9-15-14-7-4-3-6-12(14)11-18-16(15)10-13/h3-4,6-11H,2,5H2,1H3. The number of carbonyl (C=O) groups excluding carboxylic acids is 1. The minimum atomic E-state index is -0.201. The lowest BCUT2D eigenvalue weighted by atomic mass is 10.1. The summed E-state index contributed by atoms with van der Waals surface area (Å²) in [7, 11) is 0. The predicted octanol–water partition coefficient (Wildman–Crippen LogP) is 4.09. The zero-order valence-corrected chi connectivity index (χ0v) is 11.3. The maximum atomic E-state index is 11.5. The van der Waals surface area contributed by atoms with Crippen LogP contribution in [-0.2, 0) is 4.79 Å². The molecule has 20 heavy (non-hydrogen) atoms. The summed E-state index contributed by atoms with van der Waals surface area (Å²) in [5, 5.41) is 3.33. The Hall–Kier alpha value is -2.42. The van der Waals surface area contributed by atoms with E-state index >= 15 is 0 Å². The summed E-state index contributed by atoms with van der Waals surface area (Å²) in [6.45, 7) is 1.95. The number of rotatable bonds is 3. The SMILES string of the molecule is CCCC(=O)Oc1ccc2c(c1)ncc1ccccc12. The number of esters is 1. The topological polar surface area (TPSA) is 39.2 Å². The van der Waals surface area contributed by atoms with Crippen LogP contribution in [0.25, 0.3) is 21.7 Å². The normalized spacial score (nSPS) is 10.8. The average Bonchev–Trinajstić information content (AvgIpc) is 2.47. The van der Waals surface area contributed by atoms with Gasteiger partial charge in [0.15, 0.2) is 0 Å². The highest BCUT2D eigenvalue weighted by atomic mass is 16.5. The van der Waals surface area contributed by atoms with Crippen LogP contribution in [0, 0.1) is 0 Å². The van der Waals surface area contributed by atoms with E-state index in [9.17, 15) is 4.79 Å². The Morgan fingerprint density at radius 3 is 2.85 bits per heavy atom. The Labute approximate surface area is 117 Å². The van der Waals surface area contributed by atoms with Crippen molar-refractivity contribution >= 4 is 27.6 Å². The number of pyridine rings is 1. The molecule has 3 aromatic rings. The molecule has 1 heterocycles. The van der Waals surface area contributed by atoms with Crippen molar-refractivity contribution in [3.8, 4) is 5.75 Å². The van der Waals surface area contributed by atoms with Crippen molar-refractivity contribution in [2.75, 3.05) is 0 Å². The minimum absolute atomic E-state index is 0.201. The van der Waals surface area contributed by atoms with E-state index in [1.54, 1.807) is 0 Å². The van der Waals surface area contributed by atoms with Gasteiger partial charge in [-0.25, -0.2) is 0 Å². The molecule has 0 amide bonds. The molecule has 0 N–H and O–H groups in total. The van der Waals surface area contributed by atoms with Crippen molar-refractivity contribution in [1.29, 1.82) is 0 Å². The Kier molecular flexibility index (Phi) is 3.33. The third-order valence-electron chi connectivity index (χ3n) is 3.25. The lowest BCUT2D eigenvalue weighted by Gasteiger charge is -2.06. The second-order valence-electron chi connectivity index (χ2n) is 4.75. The molecule has 0 aliphatic heterocycles. The molecule has 0 fully saturated rings. The Bertz CT molecular complexity index is 780. The van der Waals surface area contributed by atoms with Crippen LogP contribution in [0.2, 0.25) is 0 Å². The fourth-order valence-corrected chi connectivity index (χ4v) is 2.29. The molecule has 0 bridgehead atoms. The van der Waals surface area contributed by atoms with Crippen molar-refractivity contribution in [3.05, 3.63) is 48.7 Å². The fourth-order valence-electron chi connectivity index (χ4n) is 2.29. The summed E-state index contributed by atoms with van der Waals surface area (Å²) in [6.07, 6.45) is 3.06. The number of benzene rings is 2. The van der Waals surface area contributed by atoms with E-state index in [1.807, 2.05) is 49.5 Å².